The Kier molecular flexibility index (Phi) is 6.90. The molecule has 0 saturated carbocycles. The van der Waals surface area contributed by atoms with E-state index in [1.165, 1.54) is 27.6 Å². The van der Waals surface area contributed by atoms with Crippen molar-refractivity contribution in [2.45, 2.75) is 6.54 Å². The Hall–Kier alpha value is -2.82. The summed E-state index contributed by atoms with van der Waals surface area (Å²) in [6.07, 6.45) is 4.52. The van der Waals surface area contributed by atoms with Gasteiger partial charge in [-0.25, -0.2) is 0 Å². The van der Waals surface area contributed by atoms with Crippen molar-refractivity contribution in [3.63, 3.8) is 0 Å². The van der Waals surface area contributed by atoms with E-state index in [2.05, 4.69) is 102 Å². The van der Waals surface area contributed by atoms with Crippen LogP contribution in [-0.2, 0) is 6.54 Å². The molecule has 0 aliphatic carbocycles. The number of methoxy groups -OCH3 is 1. The summed E-state index contributed by atoms with van der Waals surface area (Å²) in [6.45, 7) is 6.43. The number of rotatable bonds is 7. The second-order valence-corrected chi connectivity index (χ2v) is 8.44. The summed E-state index contributed by atoms with van der Waals surface area (Å²) in [5.74, 6) is 0.951. The molecule has 0 aromatic heterocycles. The molecule has 1 fully saturated rings. The van der Waals surface area contributed by atoms with Crippen LogP contribution in [0.4, 0.5) is 5.69 Å². The molecular weight excluding hydrogens is 382 g/mol. The molecule has 4 nitrogen and oxygen atoms in total. The zero-order valence-electron chi connectivity index (χ0n) is 18.9. The lowest BCUT2D eigenvalue weighted by atomic mass is 10.0. The van der Waals surface area contributed by atoms with Gasteiger partial charge >= 0.3 is 0 Å². The van der Waals surface area contributed by atoms with Crippen LogP contribution < -0.4 is 9.64 Å². The Morgan fingerprint density at radius 1 is 0.839 bits per heavy atom. The summed E-state index contributed by atoms with van der Waals surface area (Å²) in [5.41, 5.74) is 3.87. The quantitative estimate of drug-likeness (QED) is 0.554. The van der Waals surface area contributed by atoms with Gasteiger partial charge in [0.2, 0.25) is 0 Å². The number of nitrogens with zero attached hydrogens (tertiary/aromatic N) is 3. The first-order chi connectivity index (χ1) is 15.1. The van der Waals surface area contributed by atoms with Crippen molar-refractivity contribution in [1.29, 1.82) is 0 Å². The minimum atomic E-state index is 0.951. The van der Waals surface area contributed by atoms with Crippen LogP contribution in [0.3, 0.4) is 0 Å². The van der Waals surface area contributed by atoms with Gasteiger partial charge in [0.1, 0.15) is 5.75 Å². The van der Waals surface area contributed by atoms with E-state index in [1.54, 1.807) is 7.11 Å². The molecule has 31 heavy (non-hydrogen) atoms. The Morgan fingerprint density at radius 3 is 2.19 bits per heavy atom. The first-order valence-electron chi connectivity index (χ1n) is 11.1. The minimum absolute atomic E-state index is 0.951. The molecule has 3 aromatic rings. The van der Waals surface area contributed by atoms with Crippen LogP contribution in [-0.4, -0.2) is 63.7 Å². The molecule has 0 bridgehead atoms. The average molecular weight is 416 g/mol. The maximum atomic E-state index is 5.54. The van der Waals surface area contributed by atoms with Crippen molar-refractivity contribution >= 4 is 22.5 Å². The molecular formula is C27H33N3O. The van der Waals surface area contributed by atoms with Crippen LogP contribution in [0, 0.1) is 0 Å². The zero-order chi connectivity index (χ0) is 21.6. The maximum Gasteiger partial charge on any atom is 0.126 e. The molecule has 0 amide bonds. The predicted octanol–water partition coefficient (Wildman–Crippen LogP) is 4.75. The molecule has 1 aliphatic heterocycles. The van der Waals surface area contributed by atoms with Gasteiger partial charge in [-0.1, -0.05) is 54.6 Å². The van der Waals surface area contributed by atoms with Gasteiger partial charge in [-0.05, 0) is 34.7 Å². The summed E-state index contributed by atoms with van der Waals surface area (Å²) >= 11 is 0. The monoisotopic (exact) mass is 415 g/mol. The number of hydrogen-bond acceptors (Lipinski definition) is 4. The summed E-state index contributed by atoms with van der Waals surface area (Å²) in [6, 6.07) is 21.6. The summed E-state index contributed by atoms with van der Waals surface area (Å²) in [4.78, 5) is 7.23. The maximum absolute atomic E-state index is 5.54. The van der Waals surface area contributed by atoms with Crippen LogP contribution in [0.15, 0.2) is 66.7 Å². The van der Waals surface area contributed by atoms with Gasteiger partial charge in [0.25, 0.3) is 0 Å². The number of benzene rings is 3. The molecule has 4 rings (SSSR count). The molecule has 0 radical (unpaired) electrons. The normalized spacial score (nSPS) is 15.6. The third kappa shape index (κ3) is 5.27. The van der Waals surface area contributed by atoms with Crippen LogP contribution >= 0.6 is 0 Å². The fraction of sp³-hybridized carbons (Fsp3) is 0.333. The lowest BCUT2D eigenvalue weighted by Gasteiger charge is -2.34. The Balaban J connectivity index is 1.30. The average Bonchev–Trinajstić information content (AvgIpc) is 2.81. The second-order valence-electron chi connectivity index (χ2n) is 8.44. The second kappa shape index (κ2) is 9.99. The number of anilines is 1. The Morgan fingerprint density at radius 2 is 1.52 bits per heavy atom. The van der Waals surface area contributed by atoms with E-state index in [9.17, 15) is 0 Å². The van der Waals surface area contributed by atoms with E-state index in [0.29, 0.717) is 0 Å². The number of fused-ring (bicyclic) bond motifs is 1. The highest BCUT2D eigenvalue weighted by molar-refractivity contribution is 5.91. The highest BCUT2D eigenvalue weighted by atomic mass is 16.5. The van der Waals surface area contributed by atoms with Crippen molar-refractivity contribution in [3.05, 3.63) is 77.9 Å². The molecule has 1 saturated heterocycles. The highest BCUT2D eigenvalue weighted by Gasteiger charge is 2.17. The molecule has 4 heteroatoms. The molecule has 1 aliphatic rings. The molecule has 0 unspecified atom stereocenters. The molecule has 0 spiro atoms. The molecule has 3 aromatic carbocycles. The van der Waals surface area contributed by atoms with Crippen LogP contribution in [0.2, 0.25) is 0 Å². The standard InChI is InChI=1S/C27H33N3O/c1-28(2)24-13-10-22(11-14-24)7-6-16-29-17-19-30(20-18-29)21-23-12-15-27(31-3)26-9-5-4-8-25(23)26/h4-15H,16-21H2,1-3H3. The van der Waals surface area contributed by atoms with Crippen molar-refractivity contribution in [3.8, 4) is 5.75 Å². The fourth-order valence-corrected chi connectivity index (χ4v) is 4.24. The third-order valence-electron chi connectivity index (χ3n) is 6.14. The van der Waals surface area contributed by atoms with Crippen molar-refractivity contribution in [2.75, 3.05) is 58.8 Å². The summed E-state index contributed by atoms with van der Waals surface area (Å²) in [5, 5.41) is 2.50. The molecule has 0 atom stereocenters. The number of piperazine rings is 1. The Bertz CT molecular complexity index is 1020. The lowest BCUT2D eigenvalue weighted by Crippen LogP contribution is -2.45. The van der Waals surface area contributed by atoms with E-state index in [0.717, 1.165) is 45.0 Å². The minimum Gasteiger partial charge on any atom is -0.496 e. The smallest absolute Gasteiger partial charge is 0.126 e. The van der Waals surface area contributed by atoms with Gasteiger partial charge < -0.3 is 9.64 Å². The van der Waals surface area contributed by atoms with Gasteiger partial charge in [0, 0.05) is 64.4 Å². The van der Waals surface area contributed by atoms with Crippen LogP contribution in [0.25, 0.3) is 16.8 Å². The van der Waals surface area contributed by atoms with Crippen LogP contribution in [0.5, 0.6) is 5.75 Å². The fourth-order valence-electron chi connectivity index (χ4n) is 4.24. The number of hydrogen-bond donors (Lipinski definition) is 0. The van der Waals surface area contributed by atoms with Gasteiger partial charge in [-0.3, -0.25) is 9.80 Å². The Labute approximate surface area is 186 Å². The number of ether oxygens (including phenoxy) is 1. The SMILES string of the molecule is COc1ccc(CN2CCN(CC=Cc3ccc(N(C)C)cc3)CC2)c2ccccc12. The summed E-state index contributed by atoms with van der Waals surface area (Å²) < 4.78 is 5.54. The molecule has 0 N–H and O–H groups in total. The van der Waals surface area contributed by atoms with Crippen molar-refractivity contribution in [2.24, 2.45) is 0 Å². The predicted molar refractivity (Wildman–Crippen MR) is 132 cm³/mol. The first-order valence-corrected chi connectivity index (χ1v) is 11.1. The van der Waals surface area contributed by atoms with Crippen molar-refractivity contribution < 1.29 is 4.74 Å². The van der Waals surface area contributed by atoms with E-state index in [-0.39, 0.29) is 0 Å². The lowest BCUT2D eigenvalue weighted by molar-refractivity contribution is 0.137. The van der Waals surface area contributed by atoms with Gasteiger partial charge in [0.05, 0.1) is 7.11 Å². The van der Waals surface area contributed by atoms with Crippen LogP contribution in [0.1, 0.15) is 11.1 Å². The zero-order valence-corrected chi connectivity index (χ0v) is 18.9. The molecule has 1 heterocycles. The van der Waals surface area contributed by atoms with E-state index in [1.807, 2.05) is 0 Å². The first kappa shape index (κ1) is 21.4. The van der Waals surface area contributed by atoms with Gasteiger partial charge in [-0.2, -0.15) is 0 Å². The molecule has 162 valence electrons. The van der Waals surface area contributed by atoms with Crippen molar-refractivity contribution in [1.82, 2.24) is 9.80 Å². The van der Waals surface area contributed by atoms with Gasteiger partial charge in [0.15, 0.2) is 0 Å². The topological polar surface area (TPSA) is 19.0 Å². The van der Waals surface area contributed by atoms with E-state index >= 15 is 0 Å². The van der Waals surface area contributed by atoms with Gasteiger partial charge in [-0.15, -0.1) is 0 Å². The largest absolute Gasteiger partial charge is 0.496 e. The third-order valence-corrected chi connectivity index (χ3v) is 6.14. The highest BCUT2D eigenvalue weighted by Crippen LogP contribution is 2.29. The van der Waals surface area contributed by atoms with E-state index < -0.39 is 0 Å². The summed E-state index contributed by atoms with van der Waals surface area (Å²) in [7, 11) is 5.89. The van der Waals surface area contributed by atoms with E-state index in [4.69, 9.17) is 4.74 Å².